The van der Waals surface area contributed by atoms with E-state index in [1.54, 1.807) is 0 Å². The number of nitro benzene ring substituents is 1. The number of hydrogen-bond donors (Lipinski definition) is 1. The predicted molar refractivity (Wildman–Crippen MR) is 126 cm³/mol. The number of ether oxygens (including phenoxy) is 1. The summed E-state index contributed by atoms with van der Waals surface area (Å²) in [5.41, 5.74) is 2.71. The summed E-state index contributed by atoms with van der Waals surface area (Å²) in [5, 5.41) is 14.0. The van der Waals surface area contributed by atoms with Crippen LogP contribution in [-0.2, 0) is 4.79 Å². The average molecular weight is 461 g/mol. The number of aromatic nitrogens is 1. The maximum absolute atomic E-state index is 12.5. The van der Waals surface area contributed by atoms with Crippen molar-refractivity contribution in [2.24, 2.45) is 0 Å². The molecule has 0 spiro atoms. The van der Waals surface area contributed by atoms with Crippen LogP contribution in [0.4, 0.5) is 11.4 Å². The van der Waals surface area contributed by atoms with Crippen molar-refractivity contribution in [2.45, 2.75) is 5.22 Å². The highest BCUT2D eigenvalue weighted by Gasteiger charge is 2.19. The summed E-state index contributed by atoms with van der Waals surface area (Å²) < 4.78 is 11.2. The molecule has 0 aliphatic rings. The van der Waals surface area contributed by atoms with Gasteiger partial charge in [0, 0.05) is 17.2 Å². The van der Waals surface area contributed by atoms with Crippen LogP contribution in [0.3, 0.4) is 0 Å². The summed E-state index contributed by atoms with van der Waals surface area (Å²) in [4.78, 5) is 27.5. The topological polar surface area (TPSA) is 108 Å². The minimum absolute atomic E-state index is 0.0309. The number of carbonyl (C=O) groups excluding carboxylic acids is 1. The summed E-state index contributed by atoms with van der Waals surface area (Å²) >= 11 is 1.15. The van der Waals surface area contributed by atoms with E-state index in [0.29, 0.717) is 22.4 Å². The Morgan fingerprint density at radius 1 is 1.06 bits per heavy atom. The second kappa shape index (κ2) is 10.0. The Bertz CT molecular complexity index is 1220. The summed E-state index contributed by atoms with van der Waals surface area (Å²) in [6, 6.07) is 23.3. The number of thioether (sulfide) groups is 1. The lowest BCUT2D eigenvalue weighted by Crippen LogP contribution is -2.14. The standard InChI is InChI=1S/C24H19N3O5S/c1-31-20-14-18(27(29)30)12-13-19(20)25-21(28)15-33-24-26-22(16-8-4-2-5-9-16)23(32-24)17-10-6-3-7-11-17/h2-14H,15H2,1H3,(H,25,28). The molecule has 0 radical (unpaired) electrons. The van der Waals surface area contributed by atoms with Crippen LogP contribution >= 0.6 is 11.8 Å². The van der Waals surface area contributed by atoms with Crippen LogP contribution < -0.4 is 10.1 Å². The summed E-state index contributed by atoms with van der Waals surface area (Å²) in [5.74, 6) is 0.536. The number of non-ortho nitro benzene ring substituents is 1. The highest BCUT2D eigenvalue weighted by atomic mass is 32.2. The monoisotopic (exact) mass is 461 g/mol. The van der Waals surface area contributed by atoms with Crippen LogP contribution in [0.2, 0.25) is 0 Å². The largest absolute Gasteiger partial charge is 0.494 e. The van der Waals surface area contributed by atoms with Gasteiger partial charge < -0.3 is 14.5 Å². The van der Waals surface area contributed by atoms with Gasteiger partial charge in [-0.15, -0.1) is 0 Å². The number of benzene rings is 3. The van der Waals surface area contributed by atoms with Gasteiger partial charge in [0.2, 0.25) is 5.91 Å². The third-order valence-electron chi connectivity index (χ3n) is 4.69. The molecule has 4 aromatic rings. The molecule has 1 N–H and O–H groups in total. The number of carbonyl (C=O) groups is 1. The van der Waals surface area contributed by atoms with Gasteiger partial charge in [-0.2, -0.15) is 0 Å². The Labute approximate surface area is 193 Å². The van der Waals surface area contributed by atoms with Crippen molar-refractivity contribution in [2.75, 3.05) is 18.2 Å². The van der Waals surface area contributed by atoms with Crippen molar-refractivity contribution in [1.29, 1.82) is 0 Å². The molecule has 166 valence electrons. The molecule has 0 aliphatic carbocycles. The summed E-state index contributed by atoms with van der Waals surface area (Å²) in [6.07, 6.45) is 0. The van der Waals surface area contributed by atoms with Crippen molar-refractivity contribution in [3.05, 3.63) is 89.0 Å². The third kappa shape index (κ3) is 5.21. The molecule has 0 bridgehead atoms. The molecule has 33 heavy (non-hydrogen) atoms. The fourth-order valence-corrected chi connectivity index (χ4v) is 3.77. The molecule has 0 fully saturated rings. The van der Waals surface area contributed by atoms with Crippen LogP contribution in [0.1, 0.15) is 0 Å². The Morgan fingerprint density at radius 2 is 1.73 bits per heavy atom. The lowest BCUT2D eigenvalue weighted by Gasteiger charge is -2.09. The molecule has 1 heterocycles. The zero-order valence-electron chi connectivity index (χ0n) is 17.6. The Morgan fingerprint density at radius 3 is 2.36 bits per heavy atom. The highest BCUT2D eigenvalue weighted by molar-refractivity contribution is 7.99. The smallest absolute Gasteiger partial charge is 0.273 e. The maximum Gasteiger partial charge on any atom is 0.273 e. The molecule has 9 heteroatoms. The molecule has 0 aliphatic heterocycles. The van der Waals surface area contributed by atoms with E-state index in [0.717, 1.165) is 22.9 Å². The molecule has 0 atom stereocenters. The number of oxazole rings is 1. The maximum atomic E-state index is 12.5. The molecule has 0 saturated heterocycles. The van der Waals surface area contributed by atoms with Gasteiger partial charge in [0.05, 0.1) is 29.5 Å². The summed E-state index contributed by atoms with van der Waals surface area (Å²) in [7, 11) is 1.38. The van der Waals surface area contributed by atoms with Crippen LogP contribution in [0.15, 0.2) is 88.5 Å². The number of nitrogens with zero attached hydrogens (tertiary/aromatic N) is 2. The van der Waals surface area contributed by atoms with E-state index in [-0.39, 0.29) is 23.1 Å². The van der Waals surface area contributed by atoms with E-state index in [1.165, 1.54) is 25.3 Å². The lowest BCUT2D eigenvalue weighted by molar-refractivity contribution is -0.384. The van der Waals surface area contributed by atoms with Gasteiger partial charge in [-0.1, -0.05) is 72.4 Å². The number of hydrogen-bond acceptors (Lipinski definition) is 7. The van der Waals surface area contributed by atoms with Crippen LogP contribution in [0.5, 0.6) is 5.75 Å². The number of anilines is 1. The first kappa shape index (κ1) is 22.1. The van der Waals surface area contributed by atoms with E-state index in [1.807, 2.05) is 60.7 Å². The molecular weight excluding hydrogens is 442 g/mol. The first-order valence-corrected chi connectivity index (χ1v) is 10.9. The minimum atomic E-state index is -0.527. The van der Waals surface area contributed by atoms with Crippen molar-refractivity contribution < 1.29 is 18.9 Å². The van der Waals surface area contributed by atoms with Gasteiger partial charge in [0.15, 0.2) is 5.76 Å². The number of methoxy groups -OCH3 is 1. The molecule has 0 saturated carbocycles. The zero-order valence-corrected chi connectivity index (χ0v) is 18.4. The number of amides is 1. The van der Waals surface area contributed by atoms with Gasteiger partial charge in [0.25, 0.3) is 10.9 Å². The van der Waals surface area contributed by atoms with Crippen LogP contribution in [0.25, 0.3) is 22.6 Å². The second-order valence-electron chi connectivity index (χ2n) is 6.87. The normalized spacial score (nSPS) is 10.6. The molecule has 1 aromatic heterocycles. The number of rotatable bonds is 8. The molecule has 8 nitrogen and oxygen atoms in total. The van der Waals surface area contributed by atoms with Gasteiger partial charge >= 0.3 is 0 Å². The van der Waals surface area contributed by atoms with E-state index >= 15 is 0 Å². The quantitative estimate of drug-likeness (QED) is 0.205. The van der Waals surface area contributed by atoms with Gasteiger partial charge in [-0.25, -0.2) is 4.98 Å². The number of nitro groups is 1. The van der Waals surface area contributed by atoms with Crippen molar-refractivity contribution in [1.82, 2.24) is 4.98 Å². The van der Waals surface area contributed by atoms with Gasteiger partial charge in [0.1, 0.15) is 11.4 Å². The molecule has 3 aromatic carbocycles. The first-order valence-electron chi connectivity index (χ1n) is 9.92. The van der Waals surface area contributed by atoms with Crippen LogP contribution in [0, 0.1) is 10.1 Å². The van der Waals surface area contributed by atoms with Crippen molar-refractivity contribution in [3.8, 4) is 28.3 Å². The Kier molecular flexibility index (Phi) is 6.70. The molecule has 4 rings (SSSR count). The molecule has 1 amide bonds. The Hall–Kier alpha value is -4.11. The van der Waals surface area contributed by atoms with E-state index in [2.05, 4.69) is 10.3 Å². The van der Waals surface area contributed by atoms with E-state index in [4.69, 9.17) is 9.15 Å². The fourth-order valence-electron chi connectivity index (χ4n) is 3.15. The highest BCUT2D eigenvalue weighted by Crippen LogP contribution is 2.35. The predicted octanol–water partition coefficient (Wildman–Crippen LogP) is 5.66. The number of nitrogens with one attached hydrogen (secondary N) is 1. The third-order valence-corrected chi connectivity index (χ3v) is 5.52. The lowest BCUT2D eigenvalue weighted by atomic mass is 10.1. The van der Waals surface area contributed by atoms with E-state index < -0.39 is 4.92 Å². The zero-order chi connectivity index (χ0) is 23.2. The minimum Gasteiger partial charge on any atom is -0.494 e. The van der Waals surface area contributed by atoms with E-state index in [9.17, 15) is 14.9 Å². The SMILES string of the molecule is COc1cc([N+](=O)[O-])ccc1NC(=O)CSc1nc(-c2ccccc2)c(-c2ccccc2)o1. The van der Waals surface area contributed by atoms with Gasteiger partial charge in [-0.3, -0.25) is 14.9 Å². The molecule has 0 unspecified atom stereocenters. The van der Waals surface area contributed by atoms with Crippen LogP contribution in [-0.4, -0.2) is 28.7 Å². The van der Waals surface area contributed by atoms with Gasteiger partial charge in [-0.05, 0) is 6.07 Å². The van der Waals surface area contributed by atoms with Crippen molar-refractivity contribution >= 4 is 29.0 Å². The average Bonchev–Trinajstić information content (AvgIpc) is 3.28. The first-order chi connectivity index (χ1) is 16.0. The fraction of sp³-hybridized carbons (Fsp3) is 0.0833. The second-order valence-corrected chi connectivity index (χ2v) is 7.79. The van der Waals surface area contributed by atoms with Crippen molar-refractivity contribution in [3.63, 3.8) is 0 Å². The Balaban J connectivity index is 1.51. The summed E-state index contributed by atoms with van der Waals surface area (Å²) in [6.45, 7) is 0. The molecular formula is C24H19N3O5S.